The molecule has 0 saturated heterocycles. The van der Waals surface area contributed by atoms with Crippen LogP contribution < -0.4 is 5.73 Å². The average molecular weight is 194 g/mol. The van der Waals surface area contributed by atoms with Gasteiger partial charge in [-0.15, -0.1) is 12.4 Å². The van der Waals surface area contributed by atoms with Crippen LogP contribution in [0.3, 0.4) is 0 Å². The van der Waals surface area contributed by atoms with Gasteiger partial charge in [0.05, 0.1) is 7.11 Å². The van der Waals surface area contributed by atoms with Crippen LogP contribution in [0.5, 0.6) is 0 Å². The zero-order valence-corrected chi connectivity index (χ0v) is 8.10. The lowest BCUT2D eigenvalue weighted by Crippen LogP contribution is -2.35. The van der Waals surface area contributed by atoms with Gasteiger partial charge in [-0.1, -0.05) is 19.3 Å². The number of hydrogen-bond donors (Lipinski definition) is 1. The second-order valence-corrected chi connectivity index (χ2v) is 3.16. The number of carbonyl (C=O) groups excluding carboxylic acids is 1. The van der Waals surface area contributed by atoms with Crippen molar-refractivity contribution in [3.05, 3.63) is 0 Å². The molecule has 4 heteroatoms. The van der Waals surface area contributed by atoms with Crippen LogP contribution in [0.1, 0.15) is 25.7 Å². The Hall–Kier alpha value is -0.280. The highest BCUT2D eigenvalue weighted by atomic mass is 35.5. The third-order valence-corrected chi connectivity index (χ3v) is 2.32. The summed E-state index contributed by atoms with van der Waals surface area (Å²) in [5.41, 5.74) is 5.56. The fourth-order valence-corrected chi connectivity index (χ4v) is 1.34. The van der Waals surface area contributed by atoms with E-state index in [-0.39, 0.29) is 18.4 Å². The third kappa shape index (κ3) is 2.99. The van der Waals surface area contributed by atoms with Crippen molar-refractivity contribution < 1.29 is 9.53 Å². The summed E-state index contributed by atoms with van der Waals surface area (Å²) >= 11 is 0. The molecule has 0 heterocycles. The number of methoxy groups -OCH3 is 1. The molecule has 0 aromatic rings. The summed E-state index contributed by atoms with van der Waals surface area (Å²) < 4.78 is 4.52. The Morgan fingerprint density at radius 3 is 2.58 bits per heavy atom. The van der Waals surface area contributed by atoms with Crippen molar-refractivity contribution in [3.8, 4) is 0 Å². The van der Waals surface area contributed by atoms with Crippen LogP contribution in [0.15, 0.2) is 0 Å². The predicted octanol–water partition coefficient (Wildman–Crippen LogP) is 1.10. The van der Waals surface area contributed by atoms with Gasteiger partial charge in [0.1, 0.15) is 6.04 Å². The number of carbonyl (C=O) groups is 1. The quantitative estimate of drug-likeness (QED) is 0.683. The van der Waals surface area contributed by atoms with Crippen molar-refractivity contribution >= 4 is 18.4 Å². The van der Waals surface area contributed by atoms with Crippen molar-refractivity contribution in [2.24, 2.45) is 11.7 Å². The number of ether oxygens (including phenoxy) is 1. The average Bonchev–Trinajstić information content (AvgIpc) is 1.94. The lowest BCUT2D eigenvalue weighted by Gasteiger charge is -2.26. The molecule has 0 aromatic carbocycles. The minimum Gasteiger partial charge on any atom is -0.468 e. The van der Waals surface area contributed by atoms with Crippen LogP contribution in [-0.2, 0) is 9.53 Å². The molecule has 1 saturated carbocycles. The molecule has 2 N–H and O–H groups in total. The fraction of sp³-hybridized carbons (Fsp3) is 0.875. The zero-order valence-electron chi connectivity index (χ0n) is 7.29. The van der Waals surface area contributed by atoms with E-state index in [9.17, 15) is 4.79 Å². The maximum absolute atomic E-state index is 10.8. The van der Waals surface area contributed by atoms with Gasteiger partial charge in [0.25, 0.3) is 0 Å². The van der Waals surface area contributed by atoms with E-state index in [0.29, 0.717) is 5.92 Å². The summed E-state index contributed by atoms with van der Waals surface area (Å²) in [4.78, 5) is 10.8. The minimum atomic E-state index is -0.398. The van der Waals surface area contributed by atoms with E-state index in [4.69, 9.17) is 5.73 Å². The number of nitrogens with two attached hydrogens (primary N) is 1. The molecule has 1 aliphatic rings. The number of halogens is 1. The molecule has 0 radical (unpaired) electrons. The van der Waals surface area contributed by atoms with E-state index in [1.807, 2.05) is 0 Å². The number of hydrogen-bond acceptors (Lipinski definition) is 3. The molecule has 0 amide bonds. The molecule has 1 fully saturated rings. The van der Waals surface area contributed by atoms with Crippen LogP contribution in [0.4, 0.5) is 0 Å². The smallest absolute Gasteiger partial charge is 0.322 e. The van der Waals surface area contributed by atoms with Crippen LogP contribution in [0, 0.1) is 5.92 Å². The zero-order chi connectivity index (χ0) is 8.27. The van der Waals surface area contributed by atoms with Crippen molar-refractivity contribution in [1.82, 2.24) is 0 Å². The highest BCUT2D eigenvalue weighted by molar-refractivity contribution is 5.85. The third-order valence-electron chi connectivity index (χ3n) is 2.32. The summed E-state index contributed by atoms with van der Waals surface area (Å²) in [5, 5.41) is 0. The summed E-state index contributed by atoms with van der Waals surface area (Å²) in [6, 6.07) is -0.398. The molecule has 0 unspecified atom stereocenters. The van der Waals surface area contributed by atoms with Crippen LogP contribution >= 0.6 is 12.4 Å². The van der Waals surface area contributed by atoms with Crippen LogP contribution in [-0.4, -0.2) is 19.1 Å². The Kier molecular flexibility index (Phi) is 5.25. The topological polar surface area (TPSA) is 52.3 Å². The first-order valence-electron chi connectivity index (χ1n) is 4.07. The van der Waals surface area contributed by atoms with Gasteiger partial charge in [0.2, 0.25) is 0 Å². The Morgan fingerprint density at radius 1 is 1.67 bits per heavy atom. The number of rotatable bonds is 3. The van der Waals surface area contributed by atoms with Gasteiger partial charge >= 0.3 is 5.97 Å². The van der Waals surface area contributed by atoms with Gasteiger partial charge in [-0.2, -0.15) is 0 Å². The first-order valence-corrected chi connectivity index (χ1v) is 4.07. The van der Waals surface area contributed by atoms with E-state index in [1.54, 1.807) is 0 Å². The summed E-state index contributed by atoms with van der Waals surface area (Å²) in [6.07, 6.45) is 4.54. The Labute approximate surface area is 79.1 Å². The SMILES string of the molecule is COC(=O)[C@H](N)CC1CCC1.Cl. The van der Waals surface area contributed by atoms with E-state index in [0.717, 1.165) is 6.42 Å². The summed E-state index contributed by atoms with van der Waals surface area (Å²) in [6.45, 7) is 0. The molecule has 72 valence electrons. The Morgan fingerprint density at radius 2 is 2.25 bits per heavy atom. The second-order valence-electron chi connectivity index (χ2n) is 3.16. The summed E-state index contributed by atoms with van der Waals surface area (Å²) in [7, 11) is 1.38. The highest BCUT2D eigenvalue weighted by Crippen LogP contribution is 2.30. The lowest BCUT2D eigenvalue weighted by atomic mass is 9.81. The highest BCUT2D eigenvalue weighted by Gasteiger charge is 2.23. The largest absolute Gasteiger partial charge is 0.468 e. The van der Waals surface area contributed by atoms with Crippen LogP contribution in [0.2, 0.25) is 0 Å². The monoisotopic (exact) mass is 193 g/mol. The molecule has 12 heavy (non-hydrogen) atoms. The molecule has 1 atom stereocenters. The molecule has 0 spiro atoms. The molecule has 0 aromatic heterocycles. The van der Waals surface area contributed by atoms with Crippen molar-refractivity contribution in [2.75, 3.05) is 7.11 Å². The molecule has 3 nitrogen and oxygen atoms in total. The lowest BCUT2D eigenvalue weighted by molar-refractivity contribution is -0.142. The van der Waals surface area contributed by atoms with Gasteiger partial charge in [0, 0.05) is 0 Å². The van der Waals surface area contributed by atoms with Gasteiger partial charge < -0.3 is 10.5 Å². The van der Waals surface area contributed by atoms with Crippen molar-refractivity contribution in [3.63, 3.8) is 0 Å². The molecular weight excluding hydrogens is 178 g/mol. The van der Waals surface area contributed by atoms with E-state index in [1.165, 1.54) is 26.4 Å². The van der Waals surface area contributed by atoms with Gasteiger partial charge in [-0.05, 0) is 12.3 Å². The van der Waals surface area contributed by atoms with E-state index >= 15 is 0 Å². The van der Waals surface area contributed by atoms with Gasteiger partial charge in [-0.3, -0.25) is 4.79 Å². The molecule has 1 aliphatic carbocycles. The normalized spacial score (nSPS) is 18.8. The maximum Gasteiger partial charge on any atom is 0.322 e. The second kappa shape index (κ2) is 5.38. The predicted molar refractivity (Wildman–Crippen MR) is 49.2 cm³/mol. The van der Waals surface area contributed by atoms with Gasteiger partial charge in [0.15, 0.2) is 0 Å². The standard InChI is InChI=1S/C8H15NO2.ClH/c1-11-8(10)7(9)5-6-3-2-4-6;/h6-7H,2-5,9H2,1H3;1H/t7-;/m1./s1. The Bertz CT molecular complexity index is 148. The molecule has 1 rings (SSSR count). The number of esters is 1. The van der Waals surface area contributed by atoms with Gasteiger partial charge in [-0.25, -0.2) is 0 Å². The first kappa shape index (κ1) is 11.7. The van der Waals surface area contributed by atoms with E-state index in [2.05, 4.69) is 4.74 Å². The van der Waals surface area contributed by atoms with E-state index < -0.39 is 6.04 Å². The molecular formula is C8H16ClNO2. The van der Waals surface area contributed by atoms with Crippen molar-refractivity contribution in [2.45, 2.75) is 31.7 Å². The van der Waals surface area contributed by atoms with Crippen LogP contribution in [0.25, 0.3) is 0 Å². The molecule has 0 aliphatic heterocycles. The van der Waals surface area contributed by atoms with Crippen molar-refractivity contribution in [1.29, 1.82) is 0 Å². The fourth-order valence-electron chi connectivity index (χ4n) is 1.34. The minimum absolute atomic E-state index is 0. The summed E-state index contributed by atoms with van der Waals surface area (Å²) in [5.74, 6) is 0.390. The Balaban J connectivity index is 0.00000121. The first-order chi connectivity index (χ1) is 5.24. The maximum atomic E-state index is 10.8. The molecule has 0 bridgehead atoms.